The van der Waals surface area contributed by atoms with Gasteiger partial charge in [-0.15, -0.1) is 0 Å². The Balaban J connectivity index is 0. The van der Waals surface area contributed by atoms with E-state index in [9.17, 15) is 34.8 Å². The third kappa shape index (κ3) is 10.8. The first kappa shape index (κ1) is 24.7. The van der Waals surface area contributed by atoms with Gasteiger partial charge in [-0.2, -0.15) is 8.42 Å². The highest BCUT2D eigenvalue weighted by Crippen LogP contribution is 2.24. The van der Waals surface area contributed by atoms with Crippen molar-refractivity contribution in [2.45, 2.75) is 63.0 Å². The smallest absolute Gasteiger partial charge is 0.267 e. The first-order valence-corrected chi connectivity index (χ1v) is 8.42. The van der Waals surface area contributed by atoms with Gasteiger partial charge in [-0.1, -0.05) is 19.3 Å². The Labute approximate surface area is 132 Å². The first-order chi connectivity index (χ1) is 10.1. The fraction of sp³-hybridized carbons (Fsp3) is 1.00. The maximum absolute atomic E-state index is 13.4. The molecule has 0 aliphatic heterocycles. The molecular weight excluding hydrogens is 352 g/mol. The van der Waals surface area contributed by atoms with Crippen molar-refractivity contribution in [1.29, 1.82) is 0 Å². The lowest BCUT2D eigenvalue weighted by atomic mass is 10.0. The molecule has 0 amide bonds. The van der Waals surface area contributed by atoms with Gasteiger partial charge in [-0.05, 0) is 12.8 Å². The van der Waals surface area contributed by atoms with Crippen molar-refractivity contribution >= 4 is 10.1 Å². The van der Waals surface area contributed by atoms with Crippen molar-refractivity contribution in [1.82, 2.24) is 6.15 Å². The van der Waals surface area contributed by atoms with Crippen molar-refractivity contribution in [2.24, 2.45) is 0 Å². The van der Waals surface area contributed by atoms with Crippen LogP contribution in [0.1, 0.15) is 32.1 Å². The number of unbranched alkanes of at least 4 members (excludes halogenated alkanes) is 3. The van der Waals surface area contributed by atoms with E-state index < -0.39 is 59.8 Å². The van der Waals surface area contributed by atoms with E-state index in [1.165, 1.54) is 0 Å². The predicted octanol–water partition coefficient (Wildman–Crippen LogP) is 3.65. The largest absolute Gasteiger partial charge is 0.344 e. The van der Waals surface area contributed by atoms with Gasteiger partial charge in [0.1, 0.15) is 11.9 Å². The molecule has 11 heteroatoms. The molecule has 4 nitrogen and oxygen atoms in total. The molecule has 0 saturated carbocycles. The topological polar surface area (TPSA) is 89.4 Å². The zero-order valence-electron chi connectivity index (χ0n) is 12.5. The molecule has 0 aromatic carbocycles. The second-order valence-electron chi connectivity index (χ2n) is 5.01. The van der Waals surface area contributed by atoms with E-state index in [2.05, 4.69) is 0 Å². The zero-order chi connectivity index (χ0) is 17.3. The number of hydrogen-bond donors (Lipinski definition) is 2. The maximum Gasteiger partial charge on any atom is 0.267 e. The summed E-state index contributed by atoms with van der Waals surface area (Å²) >= 11 is 0. The van der Waals surface area contributed by atoms with Crippen LogP contribution in [0.4, 0.5) is 26.3 Å². The second kappa shape index (κ2) is 11.9. The quantitative estimate of drug-likeness (QED) is 0.310. The summed E-state index contributed by atoms with van der Waals surface area (Å²) in [4.78, 5) is 0. The predicted molar refractivity (Wildman–Crippen MR) is 75.0 cm³/mol. The third-order valence-corrected chi connectivity index (χ3v) is 3.77. The Bertz CT molecular complexity index is 400. The minimum absolute atomic E-state index is 0. The second-order valence-corrected chi connectivity index (χ2v) is 6.50. The maximum atomic E-state index is 13.4. The molecule has 23 heavy (non-hydrogen) atoms. The van der Waals surface area contributed by atoms with Crippen LogP contribution in [0.5, 0.6) is 0 Å². The normalized spacial score (nSPS) is 18.6. The lowest BCUT2D eigenvalue weighted by molar-refractivity contribution is 0.00347. The van der Waals surface area contributed by atoms with Crippen LogP contribution in [0.25, 0.3) is 0 Å². The Kier molecular flexibility index (Phi) is 12.8. The van der Waals surface area contributed by atoms with Crippen molar-refractivity contribution in [3.05, 3.63) is 0 Å². The van der Waals surface area contributed by atoms with Gasteiger partial charge in [0, 0.05) is 0 Å². The van der Waals surface area contributed by atoms with Gasteiger partial charge in [0.05, 0.1) is 6.67 Å². The molecule has 4 N–H and O–H groups in total. The molecule has 0 aliphatic rings. The standard InChI is InChI=1S/C12H20F6O3S.H3N/c13-6-4-2-1-3-5-8(14)10(16)12(18)11(17)9(15)7-22(19,20)21;/h8-12H,1-7H2,(H,19,20,21);1H3. The van der Waals surface area contributed by atoms with Crippen LogP contribution in [0.3, 0.4) is 0 Å². The first-order valence-electron chi connectivity index (χ1n) is 6.81. The minimum Gasteiger partial charge on any atom is -0.344 e. The molecule has 142 valence electrons. The highest BCUT2D eigenvalue weighted by molar-refractivity contribution is 7.85. The third-order valence-electron chi connectivity index (χ3n) is 3.03. The summed E-state index contributed by atoms with van der Waals surface area (Å²) in [5.41, 5.74) is 0. The molecule has 5 atom stereocenters. The van der Waals surface area contributed by atoms with E-state index in [1.54, 1.807) is 0 Å². The van der Waals surface area contributed by atoms with Crippen molar-refractivity contribution < 1.29 is 39.3 Å². The fourth-order valence-corrected chi connectivity index (χ4v) is 2.40. The lowest BCUT2D eigenvalue weighted by Gasteiger charge is -2.22. The van der Waals surface area contributed by atoms with E-state index in [1.807, 2.05) is 0 Å². The van der Waals surface area contributed by atoms with Gasteiger partial charge >= 0.3 is 0 Å². The summed E-state index contributed by atoms with van der Waals surface area (Å²) in [5.74, 6) is -1.73. The van der Waals surface area contributed by atoms with E-state index >= 15 is 0 Å². The number of halogens is 6. The van der Waals surface area contributed by atoms with E-state index in [0.29, 0.717) is 12.8 Å². The molecule has 0 heterocycles. The van der Waals surface area contributed by atoms with Gasteiger partial charge in [0.25, 0.3) is 10.1 Å². The van der Waals surface area contributed by atoms with Crippen LogP contribution in [0.2, 0.25) is 0 Å². The minimum atomic E-state index is -4.90. The fourth-order valence-electron chi connectivity index (χ4n) is 1.81. The summed E-state index contributed by atoms with van der Waals surface area (Å²) in [6, 6.07) is 0. The molecule has 0 aliphatic carbocycles. The zero-order valence-corrected chi connectivity index (χ0v) is 13.3. The van der Waals surface area contributed by atoms with Crippen molar-refractivity contribution in [3.8, 4) is 0 Å². The van der Waals surface area contributed by atoms with Crippen LogP contribution < -0.4 is 6.15 Å². The van der Waals surface area contributed by atoms with Gasteiger partial charge < -0.3 is 6.15 Å². The van der Waals surface area contributed by atoms with Crippen LogP contribution >= 0.6 is 0 Å². The molecule has 0 saturated heterocycles. The Morgan fingerprint density at radius 1 is 0.783 bits per heavy atom. The van der Waals surface area contributed by atoms with Crippen LogP contribution in [-0.2, 0) is 10.1 Å². The van der Waals surface area contributed by atoms with E-state index in [0.717, 1.165) is 0 Å². The lowest BCUT2D eigenvalue weighted by Crippen LogP contribution is -2.41. The van der Waals surface area contributed by atoms with E-state index in [-0.39, 0.29) is 19.0 Å². The molecule has 0 radical (unpaired) electrons. The SMILES string of the molecule is N.O=S(=O)(O)CC(F)C(F)C(F)C(F)C(F)CCCCCCF. The van der Waals surface area contributed by atoms with Gasteiger partial charge in [0.2, 0.25) is 0 Å². The Hall–Kier alpha value is -0.550. The van der Waals surface area contributed by atoms with Gasteiger partial charge in [0.15, 0.2) is 24.7 Å². The Morgan fingerprint density at radius 3 is 1.74 bits per heavy atom. The van der Waals surface area contributed by atoms with Crippen molar-refractivity contribution in [2.75, 3.05) is 12.4 Å². The molecule has 0 aromatic rings. The summed E-state index contributed by atoms with van der Waals surface area (Å²) in [6.45, 7) is -0.535. The molecule has 0 bridgehead atoms. The number of alkyl halides is 6. The Morgan fingerprint density at radius 2 is 1.26 bits per heavy atom. The number of hydrogen-bond acceptors (Lipinski definition) is 3. The molecular formula is C12H23F6NO3S. The summed E-state index contributed by atoms with van der Waals surface area (Å²) in [7, 11) is -4.90. The molecule has 5 unspecified atom stereocenters. The molecule has 0 rings (SSSR count). The highest BCUT2D eigenvalue weighted by atomic mass is 32.2. The number of rotatable bonds is 12. The average molecular weight is 375 g/mol. The van der Waals surface area contributed by atoms with Crippen LogP contribution in [0.15, 0.2) is 0 Å². The summed E-state index contributed by atoms with van der Waals surface area (Å²) in [5, 5.41) is 0. The molecule has 0 spiro atoms. The summed E-state index contributed by atoms with van der Waals surface area (Å²) in [6.07, 6.45) is -13.9. The van der Waals surface area contributed by atoms with Gasteiger partial charge in [-0.25, -0.2) is 22.0 Å². The summed E-state index contributed by atoms with van der Waals surface area (Å²) < 4.78 is 107. The molecule has 0 aromatic heterocycles. The highest BCUT2D eigenvalue weighted by Gasteiger charge is 2.41. The van der Waals surface area contributed by atoms with Crippen molar-refractivity contribution in [3.63, 3.8) is 0 Å². The monoisotopic (exact) mass is 375 g/mol. The van der Waals surface area contributed by atoms with Crippen LogP contribution in [-0.4, -0.2) is 56.3 Å². The molecule has 0 fully saturated rings. The van der Waals surface area contributed by atoms with E-state index in [4.69, 9.17) is 4.55 Å². The average Bonchev–Trinajstić information content (AvgIpc) is 2.42. The van der Waals surface area contributed by atoms with Gasteiger partial charge in [-0.3, -0.25) is 8.94 Å². The van der Waals surface area contributed by atoms with Crippen LogP contribution in [0, 0.1) is 0 Å².